The first kappa shape index (κ1) is 25.5. The summed E-state index contributed by atoms with van der Waals surface area (Å²) >= 11 is 48.2. The summed E-state index contributed by atoms with van der Waals surface area (Å²) in [5, 5.41) is 5.19. The molecule has 0 saturated heterocycles. The van der Waals surface area contributed by atoms with Crippen LogP contribution in [0.1, 0.15) is 20.7 Å². The van der Waals surface area contributed by atoms with Crippen molar-refractivity contribution >= 4 is 116 Å². The van der Waals surface area contributed by atoms with Crippen LogP contribution in [0, 0.1) is 0 Å². The van der Waals surface area contributed by atoms with Crippen molar-refractivity contribution in [3.63, 3.8) is 0 Å². The van der Waals surface area contributed by atoms with E-state index in [0.29, 0.717) is 0 Å². The maximum absolute atomic E-state index is 12.8. The van der Waals surface area contributed by atoms with Gasteiger partial charge in [-0.15, -0.1) is 0 Å². The fraction of sp³-hybridized carbons (Fsp3) is 0. The second-order valence-electron chi connectivity index (χ2n) is 6.15. The minimum atomic E-state index is -0.632. The molecule has 0 aliphatic rings. The highest BCUT2D eigenvalue weighted by Crippen LogP contribution is 2.40. The molecular weight excluding hydrogens is 584 g/mol. The largest absolute Gasteiger partial charge is 0.320 e. The molecule has 0 atom stereocenters. The highest BCUT2D eigenvalue weighted by molar-refractivity contribution is 6.53. The van der Waals surface area contributed by atoms with Crippen molar-refractivity contribution in [2.45, 2.75) is 0 Å². The summed E-state index contributed by atoms with van der Waals surface area (Å²) < 4.78 is 0. The summed E-state index contributed by atoms with van der Waals surface area (Å²) in [7, 11) is 0. The second-order valence-corrected chi connectivity index (χ2v) is 9.23. The zero-order valence-corrected chi connectivity index (χ0v) is 21.4. The molecule has 2 N–H and O–H groups in total. The van der Waals surface area contributed by atoms with E-state index in [4.69, 9.17) is 92.8 Å². The molecule has 12 heteroatoms. The standard InChI is InChI=1S/C20H8Cl8N2O2/c21-9-5-7(13(23)17(27)15(9)25)19(31)29-11-3-1-2-4-12(11)30-20(32)8-6-10(22)16(26)18(28)14(8)24/h1-6H,(H,29,31)(H,30,32). The third kappa shape index (κ3) is 5.19. The first-order valence-electron chi connectivity index (χ1n) is 8.40. The molecule has 3 aromatic carbocycles. The van der Waals surface area contributed by atoms with Crippen molar-refractivity contribution in [2.24, 2.45) is 0 Å². The average molecular weight is 592 g/mol. The van der Waals surface area contributed by atoms with Gasteiger partial charge in [0.05, 0.1) is 62.7 Å². The summed E-state index contributed by atoms with van der Waals surface area (Å²) in [6, 6.07) is 8.99. The molecule has 0 aromatic heterocycles. The number of carbonyl (C=O) groups excluding carboxylic acids is 2. The molecule has 0 aliphatic carbocycles. The van der Waals surface area contributed by atoms with Crippen LogP contribution in [0.15, 0.2) is 36.4 Å². The minimum Gasteiger partial charge on any atom is -0.320 e. The Morgan fingerprint density at radius 1 is 0.531 bits per heavy atom. The van der Waals surface area contributed by atoms with Crippen LogP contribution in [0.25, 0.3) is 0 Å². The lowest BCUT2D eigenvalue weighted by atomic mass is 10.1. The summed E-state index contributed by atoms with van der Waals surface area (Å²) in [6.45, 7) is 0. The number of hydrogen-bond acceptors (Lipinski definition) is 2. The normalized spacial score (nSPS) is 10.8. The van der Waals surface area contributed by atoms with Gasteiger partial charge in [-0.05, 0) is 24.3 Å². The van der Waals surface area contributed by atoms with E-state index < -0.39 is 11.8 Å². The smallest absolute Gasteiger partial charge is 0.257 e. The molecule has 0 fully saturated rings. The van der Waals surface area contributed by atoms with E-state index in [9.17, 15) is 9.59 Å². The van der Waals surface area contributed by atoms with Crippen LogP contribution in [0.3, 0.4) is 0 Å². The summed E-state index contributed by atoms with van der Waals surface area (Å²) in [5.74, 6) is -1.26. The molecule has 32 heavy (non-hydrogen) atoms. The topological polar surface area (TPSA) is 58.2 Å². The molecule has 0 saturated carbocycles. The van der Waals surface area contributed by atoms with Crippen molar-refractivity contribution in [3.05, 3.63) is 87.7 Å². The van der Waals surface area contributed by atoms with Crippen LogP contribution in [-0.2, 0) is 0 Å². The number of para-hydroxylation sites is 2. The van der Waals surface area contributed by atoms with E-state index in [-0.39, 0.29) is 62.7 Å². The van der Waals surface area contributed by atoms with E-state index >= 15 is 0 Å². The van der Waals surface area contributed by atoms with E-state index in [0.717, 1.165) is 0 Å². The van der Waals surface area contributed by atoms with Crippen LogP contribution in [-0.4, -0.2) is 11.8 Å². The van der Waals surface area contributed by atoms with Crippen LogP contribution >= 0.6 is 92.8 Å². The van der Waals surface area contributed by atoms with Gasteiger partial charge in [0.15, 0.2) is 0 Å². The van der Waals surface area contributed by atoms with Gasteiger partial charge >= 0.3 is 0 Å². The third-order valence-corrected chi connectivity index (χ3v) is 7.62. The number of rotatable bonds is 4. The predicted octanol–water partition coefficient (Wildman–Crippen LogP) is 9.42. The van der Waals surface area contributed by atoms with Gasteiger partial charge < -0.3 is 10.6 Å². The van der Waals surface area contributed by atoms with Gasteiger partial charge in [-0.25, -0.2) is 0 Å². The highest BCUT2D eigenvalue weighted by Gasteiger charge is 2.21. The molecule has 0 heterocycles. The Hall–Kier alpha value is -1.08. The van der Waals surface area contributed by atoms with Gasteiger partial charge in [0, 0.05) is 0 Å². The molecule has 166 valence electrons. The molecule has 3 aromatic rings. The van der Waals surface area contributed by atoms with Gasteiger partial charge in [-0.1, -0.05) is 105 Å². The van der Waals surface area contributed by atoms with Gasteiger partial charge in [0.1, 0.15) is 0 Å². The molecule has 0 radical (unpaired) electrons. The lowest BCUT2D eigenvalue weighted by molar-refractivity contribution is 0.101. The van der Waals surface area contributed by atoms with Crippen molar-refractivity contribution in [1.82, 2.24) is 0 Å². The molecule has 3 rings (SSSR count). The molecular formula is C20H8Cl8N2O2. The van der Waals surface area contributed by atoms with E-state index in [1.165, 1.54) is 12.1 Å². The van der Waals surface area contributed by atoms with Crippen molar-refractivity contribution in [1.29, 1.82) is 0 Å². The fourth-order valence-corrected chi connectivity index (χ4v) is 4.33. The molecule has 0 spiro atoms. The molecule has 0 aliphatic heterocycles. The Kier molecular flexibility index (Phi) is 8.35. The Morgan fingerprint density at radius 2 is 0.875 bits per heavy atom. The molecule has 2 amide bonds. The van der Waals surface area contributed by atoms with Gasteiger partial charge in [-0.2, -0.15) is 0 Å². The monoisotopic (exact) mass is 588 g/mol. The third-order valence-electron chi connectivity index (χ3n) is 4.12. The van der Waals surface area contributed by atoms with E-state index in [1.807, 2.05) is 0 Å². The van der Waals surface area contributed by atoms with Crippen molar-refractivity contribution in [3.8, 4) is 0 Å². The number of hydrogen-bond donors (Lipinski definition) is 2. The highest BCUT2D eigenvalue weighted by atomic mass is 35.5. The fourth-order valence-electron chi connectivity index (χ4n) is 2.56. The van der Waals surface area contributed by atoms with E-state index in [2.05, 4.69) is 10.6 Å². The second kappa shape index (κ2) is 10.5. The first-order valence-corrected chi connectivity index (χ1v) is 11.4. The quantitative estimate of drug-likeness (QED) is 0.235. The van der Waals surface area contributed by atoms with Gasteiger partial charge in [-0.3, -0.25) is 9.59 Å². The lowest BCUT2D eigenvalue weighted by Gasteiger charge is -2.15. The Balaban J connectivity index is 1.91. The van der Waals surface area contributed by atoms with Crippen LogP contribution < -0.4 is 10.6 Å². The Morgan fingerprint density at radius 3 is 1.22 bits per heavy atom. The van der Waals surface area contributed by atoms with E-state index in [1.54, 1.807) is 24.3 Å². The Labute approximate surface area is 222 Å². The number of nitrogens with one attached hydrogen (secondary N) is 2. The number of benzene rings is 3. The molecule has 0 unspecified atom stereocenters. The lowest BCUT2D eigenvalue weighted by Crippen LogP contribution is -2.17. The van der Waals surface area contributed by atoms with Gasteiger partial charge in [0.2, 0.25) is 0 Å². The first-order chi connectivity index (χ1) is 15.0. The summed E-state index contributed by atoms with van der Waals surface area (Å²) in [6.07, 6.45) is 0. The maximum Gasteiger partial charge on any atom is 0.257 e. The van der Waals surface area contributed by atoms with Crippen molar-refractivity contribution in [2.75, 3.05) is 10.6 Å². The van der Waals surface area contributed by atoms with Crippen LogP contribution in [0.4, 0.5) is 11.4 Å². The number of carbonyl (C=O) groups is 2. The average Bonchev–Trinajstić information content (AvgIpc) is 2.76. The van der Waals surface area contributed by atoms with Crippen molar-refractivity contribution < 1.29 is 9.59 Å². The number of amides is 2. The SMILES string of the molecule is O=C(Nc1ccccc1NC(=O)c1cc(Cl)c(Cl)c(Cl)c1Cl)c1cc(Cl)c(Cl)c(Cl)c1Cl. The van der Waals surface area contributed by atoms with Gasteiger partial charge in [0.25, 0.3) is 11.8 Å². The molecule has 0 bridgehead atoms. The number of halogens is 8. The van der Waals surface area contributed by atoms with Crippen LogP contribution in [0.5, 0.6) is 0 Å². The molecule has 4 nitrogen and oxygen atoms in total. The minimum absolute atomic E-state index is 0.00787. The zero-order valence-electron chi connectivity index (χ0n) is 15.3. The predicted molar refractivity (Wildman–Crippen MR) is 135 cm³/mol. The summed E-state index contributed by atoms with van der Waals surface area (Å²) in [4.78, 5) is 25.6. The zero-order chi connectivity index (χ0) is 23.7. The van der Waals surface area contributed by atoms with Crippen LogP contribution in [0.2, 0.25) is 40.2 Å². The number of anilines is 2. The summed E-state index contributed by atoms with van der Waals surface area (Å²) in [5.41, 5.74) is 0.496. The Bertz CT molecular complexity index is 1170. The maximum atomic E-state index is 12.8.